The number of hydrogen-bond acceptors (Lipinski definition) is 4. The summed E-state index contributed by atoms with van der Waals surface area (Å²) < 4.78 is 34.9. The minimum absolute atomic E-state index is 0.0886. The van der Waals surface area contributed by atoms with Crippen LogP contribution in [-0.4, -0.2) is 68.3 Å². The summed E-state index contributed by atoms with van der Waals surface area (Å²) in [6, 6.07) is 7.68. The van der Waals surface area contributed by atoms with Gasteiger partial charge in [-0.15, -0.1) is 0 Å². The summed E-state index contributed by atoms with van der Waals surface area (Å²) in [5.41, 5.74) is 1.02. The molecule has 2 fully saturated rings. The van der Waals surface area contributed by atoms with Crippen molar-refractivity contribution in [2.45, 2.75) is 25.8 Å². The van der Waals surface area contributed by atoms with Gasteiger partial charge < -0.3 is 9.64 Å². The van der Waals surface area contributed by atoms with Crippen molar-refractivity contribution in [3.63, 3.8) is 0 Å². The first kappa shape index (κ1) is 17.7. The number of hydrogen-bond donors (Lipinski definition) is 0. The first-order valence-corrected chi connectivity index (χ1v) is 10.1. The molecule has 0 aliphatic carbocycles. The monoisotopic (exact) mass is 353 g/mol. The fraction of sp³-hybridized carbons (Fsp3) is 0.647. The van der Waals surface area contributed by atoms with E-state index in [1.54, 1.807) is 15.7 Å². The lowest BCUT2D eigenvalue weighted by Crippen LogP contribution is -2.52. The van der Waals surface area contributed by atoms with Gasteiger partial charge in [0.15, 0.2) is 0 Å². The van der Waals surface area contributed by atoms with Gasteiger partial charge in [-0.05, 0) is 37.1 Å². The molecule has 2 saturated heterocycles. The second-order valence-corrected chi connectivity index (χ2v) is 8.27. The zero-order valence-electron chi connectivity index (χ0n) is 14.5. The van der Waals surface area contributed by atoms with Crippen LogP contribution in [0.5, 0.6) is 5.75 Å². The van der Waals surface area contributed by atoms with Gasteiger partial charge in [-0.1, -0.05) is 19.1 Å². The third-order valence-electron chi connectivity index (χ3n) is 5.08. The van der Waals surface area contributed by atoms with Gasteiger partial charge in [0.2, 0.25) is 0 Å². The molecule has 0 saturated carbocycles. The second kappa shape index (κ2) is 7.39. The van der Waals surface area contributed by atoms with Crippen molar-refractivity contribution < 1.29 is 13.2 Å². The van der Waals surface area contributed by atoms with Crippen molar-refractivity contribution in [1.82, 2.24) is 13.5 Å². The molecule has 1 aromatic rings. The van der Waals surface area contributed by atoms with Crippen molar-refractivity contribution >= 4 is 10.2 Å². The molecule has 1 unspecified atom stereocenters. The Hall–Kier alpha value is -1.15. The predicted octanol–water partition coefficient (Wildman–Crippen LogP) is 1.71. The number of methoxy groups -OCH3 is 1. The molecule has 7 heteroatoms. The molecule has 134 valence electrons. The maximum absolute atomic E-state index is 13.1. The van der Waals surface area contributed by atoms with Crippen LogP contribution in [-0.2, 0) is 10.2 Å². The Morgan fingerprint density at radius 1 is 1.17 bits per heavy atom. The van der Waals surface area contributed by atoms with E-state index >= 15 is 0 Å². The molecule has 1 aromatic carbocycles. The van der Waals surface area contributed by atoms with Crippen LogP contribution in [0.1, 0.15) is 31.4 Å². The van der Waals surface area contributed by atoms with E-state index in [0.29, 0.717) is 19.6 Å². The Balaban J connectivity index is 1.79. The minimum Gasteiger partial charge on any atom is -0.497 e. The van der Waals surface area contributed by atoms with E-state index < -0.39 is 10.2 Å². The summed E-state index contributed by atoms with van der Waals surface area (Å²) in [5, 5.41) is 0. The van der Waals surface area contributed by atoms with Gasteiger partial charge in [-0.25, -0.2) is 0 Å². The first-order chi connectivity index (χ1) is 11.6. The molecule has 0 bridgehead atoms. The molecule has 2 aliphatic heterocycles. The van der Waals surface area contributed by atoms with E-state index in [9.17, 15) is 8.42 Å². The van der Waals surface area contributed by atoms with E-state index in [2.05, 4.69) is 11.8 Å². The lowest BCUT2D eigenvalue weighted by molar-refractivity contribution is 0.187. The number of piperazine rings is 1. The van der Waals surface area contributed by atoms with Crippen molar-refractivity contribution in [3.05, 3.63) is 29.8 Å². The summed E-state index contributed by atoms with van der Waals surface area (Å²) in [4.78, 5) is 2.29. The summed E-state index contributed by atoms with van der Waals surface area (Å²) >= 11 is 0. The number of likely N-dealkylation sites (N-methyl/N-ethyl adjacent to an activating group) is 1. The Kier molecular flexibility index (Phi) is 5.44. The Labute approximate surface area is 145 Å². The Morgan fingerprint density at radius 3 is 2.58 bits per heavy atom. The molecule has 24 heavy (non-hydrogen) atoms. The smallest absolute Gasteiger partial charge is 0.282 e. The first-order valence-electron chi connectivity index (χ1n) is 8.69. The average Bonchev–Trinajstić information content (AvgIpc) is 3.12. The molecule has 0 spiro atoms. The molecule has 0 amide bonds. The highest BCUT2D eigenvalue weighted by molar-refractivity contribution is 7.86. The lowest BCUT2D eigenvalue weighted by atomic mass is 10.1. The molecule has 2 aliphatic rings. The predicted molar refractivity (Wildman–Crippen MR) is 94.3 cm³/mol. The third kappa shape index (κ3) is 3.44. The Bertz CT molecular complexity index is 657. The van der Waals surface area contributed by atoms with E-state index in [-0.39, 0.29) is 6.04 Å². The molecule has 0 radical (unpaired) electrons. The standard InChI is InChI=1S/C17H27N3O3S/c1-3-18-10-12-19(13-11-18)24(21,22)20-9-5-8-17(20)15-6-4-7-16(14-15)23-2/h4,6-7,14,17H,3,5,8-13H2,1-2H3. The van der Waals surface area contributed by atoms with E-state index in [1.807, 2.05) is 24.3 Å². The summed E-state index contributed by atoms with van der Waals surface area (Å²) in [6.07, 6.45) is 1.76. The van der Waals surface area contributed by atoms with Crippen LogP contribution in [0.4, 0.5) is 0 Å². The zero-order chi connectivity index (χ0) is 17.2. The van der Waals surface area contributed by atoms with E-state index in [1.165, 1.54) is 0 Å². The normalized spacial score (nSPS) is 24.3. The fourth-order valence-electron chi connectivity index (χ4n) is 3.62. The van der Waals surface area contributed by atoms with Crippen LogP contribution in [0, 0.1) is 0 Å². The quantitative estimate of drug-likeness (QED) is 0.809. The van der Waals surface area contributed by atoms with Gasteiger partial charge in [0.05, 0.1) is 13.2 Å². The van der Waals surface area contributed by atoms with E-state index in [0.717, 1.165) is 43.8 Å². The largest absolute Gasteiger partial charge is 0.497 e. The second-order valence-electron chi connectivity index (χ2n) is 6.39. The van der Waals surface area contributed by atoms with Gasteiger partial charge in [-0.3, -0.25) is 0 Å². The number of ether oxygens (including phenoxy) is 1. The average molecular weight is 353 g/mol. The van der Waals surface area contributed by atoms with Gasteiger partial charge in [0.1, 0.15) is 5.75 Å². The number of nitrogens with zero attached hydrogens (tertiary/aromatic N) is 3. The SMILES string of the molecule is CCN1CCN(S(=O)(=O)N2CCCC2c2cccc(OC)c2)CC1. The minimum atomic E-state index is -3.41. The molecule has 0 N–H and O–H groups in total. The summed E-state index contributed by atoms with van der Waals surface area (Å²) in [5.74, 6) is 0.772. The van der Waals surface area contributed by atoms with Crippen LogP contribution in [0.3, 0.4) is 0 Å². The fourth-order valence-corrected chi connectivity index (χ4v) is 5.45. The summed E-state index contributed by atoms with van der Waals surface area (Å²) in [6.45, 7) is 6.47. The van der Waals surface area contributed by atoms with Crippen molar-refractivity contribution in [2.24, 2.45) is 0 Å². The third-order valence-corrected chi connectivity index (χ3v) is 7.13. The van der Waals surface area contributed by atoms with Gasteiger partial charge in [-0.2, -0.15) is 17.0 Å². The Morgan fingerprint density at radius 2 is 1.92 bits per heavy atom. The highest BCUT2D eigenvalue weighted by Crippen LogP contribution is 2.36. The molecular formula is C17H27N3O3S. The number of rotatable bonds is 5. The van der Waals surface area contributed by atoms with Gasteiger partial charge >= 0.3 is 0 Å². The highest BCUT2D eigenvalue weighted by Gasteiger charge is 2.39. The van der Waals surface area contributed by atoms with Crippen LogP contribution >= 0.6 is 0 Å². The molecule has 1 atom stereocenters. The van der Waals surface area contributed by atoms with Crippen LogP contribution in [0.15, 0.2) is 24.3 Å². The molecule has 6 nitrogen and oxygen atoms in total. The molecular weight excluding hydrogens is 326 g/mol. The van der Waals surface area contributed by atoms with Gasteiger partial charge in [0, 0.05) is 32.7 Å². The van der Waals surface area contributed by atoms with Crippen molar-refractivity contribution in [1.29, 1.82) is 0 Å². The topological polar surface area (TPSA) is 53.1 Å². The molecule has 3 rings (SSSR count). The van der Waals surface area contributed by atoms with Crippen molar-refractivity contribution in [2.75, 3.05) is 46.4 Å². The van der Waals surface area contributed by atoms with Crippen LogP contribution < -0.4 is 4.74 Å². The molecule has 2 heterocycles. The zero-order valence-corrected chi connectivity index (χ0v) is 15.3. The van der Waals surface area contributed by atoms with Crippen molar-refractivity contribution in [3.8, 4) is 5.75 Å². The molecule has 0 aromatic heterocycles. The maximum atomic E-state index is 13.1. The number of benzene rings is 1. The van der Waals surface area contributed by atoms with Gasteiger partial charge in [0.25, 0.3) is 10.2 Å². The highest BCUT2D eigenvalue weighted by atomic mass is 32.2. The van der Waals surface area contributed by atoms with E-state index in [4.69, 9.17) is 4.74 Å². The maximum Gasteiger partial charge on any atom is 0.282 e. The summed E-state index contributed by atoms with van der Waals surface area (Å²) in [7, 11) is -1.78. The lowest BCUT2D eigenvalue weighted by Gasteiger charge is -2.36. The van der Waals surface area contributed by atoms with Crippen LogP contribution in [0.2, 0.25) is 0 Å². The van der Waals surface area contributed by atoms with Crippen LogP contribution in [0.25, 0.3) is 0 Å².